The standard InChI is InChI=1S/C19H22ClNO4S/c1-5-24-18-11-15(10-17(20)19(18)25-13(2)3)12-21-26(22,23)16-8-6-14(4)7-9-16/h6-13H,5H2,1-4H3/b21-12-. The molecule has 0 heterocycles. The second-order valence-electron chi connectivity index (χ2n) is 5.95. The van der Waals surface area contributed by atoms with Gasteiger partial charge in [0.25, 0.3) is 10.0 Å². The van der Waals surface area contributed by atoms with Gasteiger partial charge in [-0.25, -0.2) is 0 Å². The van der Waals surface area contributed by atoms with E-state index >= 15 is 0 Å². The van der Waals surface area contributed by atoms with E-state index in [2.05, 4.69) is 4.40 Å². The van der Waals surface area contributed by atoms with Crippen LogP contribution in [0.15, 0.2) is 45.7 Å². The Bertz CT molecular complexity index is 891. The van der Waals surface area contributed by atoms with E-state index < -0.39 is 10.0 Å². The van der Waals surface area contributed by atoms with Crippen molar-refractivity contribution in [1.82, 2.24) is 0 Å². The fourth-order valence-corrected chi connectivity index (χ4v) is 3.30. The van der Waals surface area contributed by atoms with Crippen molar-refractivity contribution in [3.63, 3.8) is 0 Å². The lowest BCUT2D eigenvalue weighted by Gasteiger charge is -2.16. The van der Waals surface area contributed by atoms with Crippen LogP contribution in [0, 0.1) is 6.92 Å². The smallest absolute Gasteiger partial charge is 0.282 e. The van der Waals surface area contributed by atoms with Gasteiger partial charge in [-0.3, -0.25) is 0 Å². The number of sulfonamides is 1. The molecule has 0 N–H and O–H groups in total. The number of aryl methyl sites for hydroxylation is 1. The van der Waals surface area contributed by atoms with Gasteiger partial charge < -0.3 is 9.47 Å². The second kappa shape index (κ2) is 8.56. The second-order valence-corrected chi connectivity index (χ2v) is 7.99. The Kier molecular flexibility index (Phi) is 6.67. The molecule has 2 aromatic carbocycles. The number of rotatable bonds is 7. The highest BCUT2D eigenvalue weighted by molar-refractivity contribution is 7.90. The van der Waals surface area contributed by atoms with Crippen molar-refractivity contribution in [1.29, 1.82) is 0 Å². The number of ether oxygens (including phenoxy) is 2. The first-order valence-corrected chi connectivity index (χ1v) is 10.0. The van der Waals surface area contributed by atoms with Gasteiger partial charge in [-0.1, -0.05) is 29.3 Å². The summed E-state index contributed by atoms with van der Waals surface area (Å²) < 4.78 is 39.7. The van der Waals surface area contributed by atoms with Gasteiger partial charge in [0, 0.05) is 6.21 Å². The van der Waals surface area contributed by atoms with Crippen LogP contribution in [0.2, 0.25) is 5.02 Å². The van der Waals surface area contributed by atoms with Gasteiger partial charge in [0.05, 0.1) is 22.6 Å². The van der Waals surface area contributed by atoms with E-state index in [-0.39, 0.29) is 11.0 Å². The predicted octanol–water partition coefficient (Wildman–Crippen LogP) is 4.64. The Balaban J connectivity index is 2.36. The van der Waals surface area contributed by atoms with Gasteiger partial charge in [0.1, 0.15) is 0 Å². The maximum Gasteiger partial charge on any atom is 0.282 e. The van der Waals surface area contributed by atoms with E-state index in [0.717, 1.165) is 5.56 Å². The number of nitrogens with zero attached hydrogens (tertiary/aromatic N) is 1. The van der Waals surface area contributed by atoms with Crippen molar-refractivity contribution in [3.8, 4) is 11.5 Å². The summed E-state index contributed by atoms with van der Waals surface area (Å²) in [4.78, 5) is 0.134. The summed E-state index contributed by atoms with van der Waals surface area (Å²) in [6, 6.07) is 9.76. The first-order chi connectivity index (χ1) is 12.2. The number of hydrogen-bond acceptors (Lipinski definition) is 4. The summed E-state index contributed by atoms with van der Waals surface area (Å²) in [6.45, 7) is 7.92. The normalized spacial score (nSPS) is 11.9. The lowest BCUT2D eigenvalue weighted by atomic mass is 10.2. The van der Waals surface area contributed by atoms with Gasteiger partial charge >= 0.3 is 0 Å². The fraction of sp³-hybridized carbons (Fsp3) is 0.316. The molecule has 0 saturated heterocycles. The molecule has 26 heavy (non-hydrogen) atoms. The fourth-order valence-electron chi connectivity index (χ4n) is 2.18. The third-order valence-electron chi connectivity index (χ3n) is 3.34. The van der Waals surface area contributed by atoms with Crippen LogP contribution in [0.3, 0.4) is 0 Å². The number of benzene rings is 2. The van der Waals surface area contributed by atoms with Crippen LogP contribution >= 0.6 is 11.6 Å². The molecule has 2 rings (SSSR count). The zero-order chi connectivity index (χ0) is 19.3. The van der Waals surface area contributed by atoms with E-state index in [4.69, 9.17) is 21.1 Å². The van der Waals surface area contributed by atoms with Crippen molar-refractivity contribution < 1.29 is 17.9 Å². The SMILES string of the molecule is CCOc1cc(/C=N\S(=O)(=O)c2ccc(C)cc2)cc(Cl)c1OC(C)C. The Morgan fingerprint density at radius 1 is 1.19 bits per heavy atom. The van der Waals surface area contributed by atoms with Crippen molar-refractivity contribution in [3.05, 3.63) is 52.5 Å². The molecule has 0 radical (unpaired) electrons. The lowest BCUT2D eigenvalue weighted by molar-refractivity contribution is 0.224. The summed E-state index contributed by atoms with van der Waals surface area (Å²) in [5.74, 6) is 0.880. The Labute approximate surface area is 159 Å². The van der Waals surface area contributed by atoms with Crippen LogP contribution in [0.4, 0.5) is 0 Å². The largest absolute Gasteiger partial charge is 0.490 e. The molecule has 0 aliphatic rings. The third kappa shape index (κ3) is 5.22. The highest BCUT2D eigenvalue weighted by Gasteiger charge is 2.15. The van der Waals surface area contributed by atoms with Crippen molar-refractivity contribution in [2.75, 3.05) is 6.61 Å². The highest BCUT2D eigenvalue weighted by Crippen LogP contribution is 2.37. The van der Waals surface area contributed by atoms with Crippen LogP contribution in [0.1, 0.15) is 31.9 Å². The Hall–Kier alpha value is -2.05. The first-order valence-electron chi connectivity index (χ1n) is 8.23. The maximum absolute atomic E-state index is 12.3. The molecule has 0 atom stereocenters. The van der Waals surface area contributed by atoms with Gasteiger partial charge in [0.2, 0.25) is 0 Å². The number of hydrogen-bond donors (Lipinski definition) is 0. The summed E-state index contributed by atoms with van der Waals surface area (Å²) in [5, 5.41) is 0.332. The molecule has 0 amide bonds. The molecular formula is C19H22ClNO4S. The molecule has 0 aliphatic heterocycles. The molecule has 5 nitrogen and oxygen atoms in total. The summed E-state index contributed by atoms with van der Waals surface area (Å²) in [5.41, 5.74) is 1.48. The minimum absolute atomic E-state index is 0.0758. The summed E-state index contributed by atoms with van der Waals surface area (Å²) >= 11 is 6.28. The molecule has 0 spiro atoms. The Morgan fingerprint density at radius 3 is 2.42 bits per heavy atom. The maximum atomic E-state index is 12.3. The minimum atomic E-state index is -3.79. The van der Waals surface area contributed by atoms with Crippen LogP contribution in [-0.2, 0) is 10.0 Å². The Morgan fingerprint density at radius 2 is 1.85 bits per heavy atom. The predicted molar refractivity (Wildman–Crippen MR) is 104 cm³/mol. The van der Waals surface area contributed by atoms with Crippen LogP contribution in [-0.4, -0.2) is 27.3 Å². The number of halogens is 1. The summed E-state index contributed by atoms with van der Waals surface area (Å²) in [7, 11) is -3.79. The lowest BCUT2D eigenvalue weighted by Crippen LogP contribution is -2.08. The molecular weight excluding hydrogens is 374 g/mol. The van der Waals surface area contributed by atoms with Gasteiger partial charge in [-0.15, -0.1) is 0 Å². The van der Waals surface area contributed by atoms with E-state index in [0.29, 0.717) is 28.7 Å². The molecule has 0 fully saturated rings. The van der Waals surface area contributed by atoms with Gasteiger partial charge in [-0.2, -0.15) is 12.8 Å². The first kappa shape index (κ1) is 20.3. The van der Waals surface area contributed by atoms with Crippen LogP contribution < -0.4 is 9.47 Å². The summed E-state index contributed by atoms with van der Waals surface area (Å²) in [6.07, 6.45) is 1.18. The van der Waals surface area contributed by atoms with Crippen molar-refractivity contribution >= 4 is 27.8 Å². The monoisotopic (exact) mass is 395 g/mol. The highest BCUT2D eigenvalue weighted by atomic mass is 35.5. The topological polar surface area (TPSA) is 65.0 Å². The average molecular weight is 396 g/mol. The van der Waals surface area contributed by atoms with Gasteiger partial charge in [0.15, 0.2) is 11.5 Å². The molecule has 7 heteroatoms. The third-order valence-corrected chi connectivity index (χ3v) is 4.88. The molecule has 0 saturated carbocycles. The van der Waals surface area contributed by atoms with E-state index in [1.807, 2.05) is 27.7 Å². The van der Waals surface area contributed by atoms with E-state index in [1.54, 1.807) is 24.3 Å². The van der Waals surface area contributed by atoms with E-state index in [1.165, 1.54) is 18.3 Å². The quantitative estimate of drug-likeness (QED) is 0.640. The molecule has 0 aliphatic carbocycles. The molecule has 140 valence electrons. The zero-order valence-corrected chi connectivity index (χ0v) is 16.8. The van der Waals surface area contributed by atoms with Crippen molar-refractivity contribution in [2.45, 2.75) is 38.7 Å². The minimum Gasteiger partial charge on any atom is -0.490 e. The average Bonchev–Trinajstić information content (AvgIpc) is 2.56. The molecule has 0 aromatic heterocycles. The molecule has 2 aromatic rings. The van der Waals surface area contributed by atoms with Crippen molar-refractivity contribution in [2.24, 2.45) is 4.40 Å². The van der Waals surface area contributed by atoms with Crippen LogP contribution in [0.25, 0.3) is 0 Å². The molecule has 0 unspecified atom stereocenters. The molecule has 0 bridgehead atoms. The van der Waals surface area contributed by atoms with Gasteiger partial charge in [-0.05, 0) is 57.5 Å². The van der Waals surface area contributed by atoms with E-state index in [9.17, 15) is 8.42 Å². The van der Waals surface area contributed by atoms with Crippen LogP contribution in [0.5, 0.6) is 11.5 Å². The zero-order valence-electron chi connectivity index (χ0n) is 15.2.